The summed E-state index contributed by atoms with van der Waals surface area (Å²) in [7, 11) is 0. The fourth-order valence-corrected chi connectivity index (χ4v) is 0.245. The molecule has 0 aromatic rings. The Balaban J connectivity index is 3.46. The Hall–Kier alpha value is -0.860. The zero-order valence-electron chi connectivity index (χ0n) is 4.63. The number of carboxylic acids is 1. The first kappa shape index (κ1) is 7.14. The summed E-state index contributed by atoms with van der Waals surface area (Å²) in [6, 6.07) is 0. The molecular weight excluding hydrogens is 108 g/mol. The van der Waals surface area contributed by atoms with E-state index in [1.807, 2.05) is 0 Å². The maximum Gasteiger partial charge on any atom is 0.306 e. The molecule has 1 N–H and O–H groups in total. The van der Waals surface area contributed by atoms with E-state index in [0.29, 0.717) is 6.29 Å². The van der Waals surface area contributed by atoms with Crippen LogP contribution in [0, 0.1) is 5.92 Å². The molecule has 0 heterocycles. The third kappa shape index (κ3) is 2.34. The monoisotopic (exact) mass is 116 g/mol. The molecular formula is C5H8O3. The largest absolute Gasteiger partial charge is 0.481 e. The van der Waals surface area contributed by atoms with Gasteiger partial charge >= 0.3 is 5.97 Å². The molecule has 3 nitrogen and oxygen atoms in total. The molecule has 0 aliphatic rings. The number of hydrogen-bond donors (Lipinski definition) is 1. The van der Waals surface area contributed by atoms with Gasteiger partial charge in [0.05, 0.1) is 5.92 Å². The van der Waals surface area contributed by atoms with Crippen molar-refractivity contribution in [1.29, 1.82) is 0 Å². The summed E-state index contributed by atoms with van der Waals surface area (Å²) in [6.45, 7) is 1.50. The lowest BCUT2D eigenvalue weighted by atomic mass is 10.1. The van der Waals surface area contributed by atoms with Gasteiger partial charge in [0.2, 0.25) is 0 Å². The van der Waals surface area contributed by atoms with Crippen LogP contribution in [0.15, 0.2) is 0 Å². The summed E-state index contributed by atoms with van der Waals surface area (Å²) in [5.74, 6) is -1.45. The highest BCUT2D eigenvalue weighted by atomic mass is 16.4. The smallest absolute Gasteiger partial charge is 0.306 e. The van der Waals surface area contributed by atoms with E-state index in [2.05, 4.69) is 0 Å². The maximum absolute atomic E-state index is 9.93. The van der Waals surface area contributed by atoms with Crippen molar-refractivity contribution in [2.24, 2.45) is 5.92 Å². The Morgan fingerprint density at radius 3 is 2.50 bits per heavy atom. The molecule has 0 amide bonds. The average Bonchev–Trinajstić information content (AvgIpc) is 1.67. The third-order valence-electron chi connectivity index (χ3n) is 0.871. The maximum atomic E-state index is 9.93. The molecule has 0 spiro atoms. The first-order valence-electron chi connectivity index (χ1n) is 2.35. The van der Waals surface area contributed by atoms with Gasteiger partial charge in [-0.1, -0.05) is 6.92 Å². The highest BCUT2D eigenvalue weighted by Crippen LogP contribution is 1.96. The molecule has 0 saturated heterocycles. The van der Waals surface area contributed by atoms with Gasteiger partial charge in [-0.3, -0.25) is 4.79 Å². The van der Waals surface area contributed by atoms with Crippen LogP contribution in [-0.4, -0.2) is 17.4 Å². The van der Waals surface area contributed by atoms with Gasteiger partial charge in [0.25, 0.3) is 0 Å². The number of hydrogen-bond acceptors (Lipinski definition) is 2. The Morgan fingerprint density at radius 2 is 2.38 bits per heavy atom. The number of aliphatic carboxylic acids is 1. The quantitative estimate of drug-likeness (QED) is 0.539. The van der Waals surface area contributed by atoms with Crippen LogP contribution in [0.4, 0.5) is 0 Å². The van der Waals surface area contributed by atoms with Gasteiger partial charge in [0, 0.05) is 6.42 Å². The fourth-order valence-electron chi connectivity index (χ4n) is 0.245. The van der Waals surface area contributed by atoms with Crippen LogP contribution in [0.25, 0.3) is 0 Å². The van der Waals surface area contributed by atoms with Crippen LogP contribution < -0.4 is 0 Å². The molecule has 0 aliphatic heterocycles. The molecule has 46 valence electrons. The van der Waals surface area contributed by atoms with E-state index in [0.717, 1.165) is 0 Å². The lowest BCUT2D eigenvalue weighted by molar-refractivity contribution is -0.142. The van der Waals surface area contributed by atoms with Gasteiger partial charge < -0.3 is 9.90 Å². The summed E-state index contributed by atoms with van der Waals surface area (Å²) in [4.78, 5) is 19.6. The van der Waals surface area contributed by atoms with Gasteiger partial charge in [-0.25, -0.2) is 0 Å². The van der Waals surface area contributed by atoms with Crippen LogP contribution in [0.2, 0.25) is 0 Å². The second kappa shape index (κ2) is 3.18. The zero-order chi connectivity index (χ0) is 6.57. The van der Waals surface area contributed by atoms with E-state index in [1.165, 1.54) is 6.92 Å². The fraction of sp³-hybridized carbons (Fsp3) is 0.600. The summed E-state index contributed by atoms with van der Waals surface area (Å²) in [5.41, 5.74) is 0. The molecule has 0 aromatic heterocycles. The molecule has 0 unspecified atom stereocenters. The molecule has 0 aliphatic carbocycles. The predicted octanol–water partition coefficient (Wildman–Crippen LogP) is 0.296. The molecule has 0 bridgehead atoms. The van der Waals surface area contributed by atoms with Gasteiger partial charge in [-0.2, -0.15) is 0 Å². The van der Waals surface area contributed by atoms with Crippen LogP contribution >= 0.6 is 0 Å². The molecule has 0 rings (SSSR count). The van der Waals surface area contributed by atoms with Crippen molar-refractivity contribution in [3.05, 3.63) is 0 Å². The molecule has 0 saturated carbocycles. The molecule has 1 atom stereocenters. The second-order valence-electron chi connectivity index (χ2n) is 1.64. The molecule has 0 radical (unpaired) electrons. The number of rotatable bonds is 3. The van der Waals surface area contributed by atoms with E-state index in [1.54, 1.807) is 0 Å². The summed E-state index contributed by atoms with van der Waals surface area (Å²) >= 11 is 0. The van der Waals surface area contributed by atoms with Crippen molar-refractivity contribution in [1.82, 2.24) is 0 Å². The minimum absolute atomic E-state index is 0.106. The number of aldehydes is 1. The van der Waals surface area contributed by atoms with E-state index in [4.69, 9.17) is 5.11 Å². The van der Waals surface area contributed by atoms with Crippen molar-refractivity contribution >= 4 is 12.3 Å². The minimum Gasteiger partial charge on any atom is -0.481 e. The first-order chi connectivity index (χ1) is 3.68. The summed E-state index contributed by atoms with van der Waals surface area (Å²) in [5, 5.41) is 8.15. The van der Waals surface area contributed by atoms with Crippen molar-refractivity contribution in [3.63, 3.8) is 0 Å². The molecule has 8 heavy (non-hydrogen) atoms. The van der Waals surface area contributed by atoms with E-state index in [9.17, 15) is 9.59 Å². The van der Waals surface area contributed by atoms with Crippen LogP contribution in [0.3, 0.4) is 0 Å². The van der Waals surface area contributed by atoms with E-state index in [-0.39, 0.29) is 6.42 Å². The third-order valence-corrected chi connectivity index (χ3v) is 0.871. The van der Waals surface area contributed by atoms with Crippen LogP contribution in [0.1, 0.15) is 13.3 Å². The zero-order valence-corrected chi connectivity index (χ0v) is 4.63. The first-order valence-corrected chi connectivity index (χ1v) is 2.35. The minimum atomic E-state index is -0.919. The Kier molecular flexibility index (Phi) is 2.84. The normalized spacial score (nSPS) is 12.6. The summed E-state index contributed by atoms with van der Waals surface area (Å²) < 4.78 is 0. The predicted molar refractivity (Wildman–Crippen MR) is 27.5 cm³/mol. The van der Waals surface area contributed by atoms with Crippen molar-refractivity contribution in [3.8, 4) is 0 Å². The molecule has 3 heteroatoms. The molecule has 0 fully saturated rings. The van der Waals surface area contributed by atoms with E-state index < -0.39 is 11.9 Å². The van der Waals surface area contributed by atoms with Gasteiger partial charge in [0.1, 0.15) is 6.29 Å². The Labute approximate surface area is 47.3 Å². The Bertz CT molecular complexity index is 97.8. The van der Waals surface area contributed by atoms with Crippen molar-refractivity contribution in [2.45, 2.75) is 13.3 Å². The van der Waals surface area contributed by atoms with Crippen LogP contribution in [0.5, 0.6) is 0 Å². The SMILES string of the molecule is C[C@H](CC=O)C(=O)O. The standard InChI is InChI=1S/C5H8O3/c1-4(2-3-6)5(7)8/h3-4H,2H2,1H3,(H,7,8)/t4-/m1/s1. The topological polar surface area (TPSA) is 54.4 Å². The number of carboxylic acid groups (broad SMARTS) is 1. The van der Waals surface area contributed by atoms with E-state index >= 15 is 0 Å². The highest BCUT2D eigenvalue weighted by Gasteiger charge is 2.07. The highest BCUT2D eigenvalue weighted by molar-refractivity contribution is 5.72. The van der Waals surface area contributed by atoms with Gasteiger partial charge in [0.15, 0.2) is 0 Å². The second-order valence-corrected chi connectivity index (χ2v) is 1.64. The lowest BCUT2D eigenvalue weighted by Crippen LogP contribution is -2.09. The Morgan fingerprint density at radius 1 is 1.88 bits per heavy atom. The molecule has 0 aromatic carbocycles. The van der Waals surface area contributed by atoms with Crippen LogP contribution in [-0.2, 0) is 9.59 Å². The number of carbonyl (C=O) groups is 2. The van der Waals surface area contributed by atoms with Gasteiger partial charge in [-0.15, -0.1) is 0 Å². The van der Waals surface area contributed by atoms with Crippen molar-refractivity contribution < 1.29 is 14.7 Å². The van der Waals surface area contributed by atoms with Crippen molar-refractivity contribution in [2.75, 3.05) is 0 Å². The number of carbonyl (C=O) groups excluding carboxylic acids is 1. The van der Waals surface area contributed by atoms with Gasteiger partial charge in [-0.05, 0) is 0 Å². The summed E-state index contributed by atoms with van der Waals surface area (Å²) in [6.07, 6.45) is 0.716. The lowest BCUT2D eigenvalue weighted by Gasteiger charge is -1.95. The average molecular weight is 116 g/mol.